The summed E-state index contributed by atoms with van der Waals surface area (Å²) in [6.45, 7) is 4.75. The molecule has 24 heavy (non-hydrogen) atoms. The van der Waals surface area contributed by atoms with Gasteiger partial charge in [0.15, 0.2) is 0 Å². The number of aryl methyl sites for hydroxylation is 2. The van der Waals surface area contributed by atoms with Gasteiger partial charge in [-0.15, -0.1) is 11.3 Å². The van der Waals surface area contributed by atoms with Gasteiger partial charge < -0.3 is 10.0 Å². The molecule has 1 amide bonds. The summed E-state index contributed by atoms with van der Waals surface area (Å²) in [7, 11) is 0. The fourth-order valence-corrected chi connectivity index (χ4v) is 3.40. The molecule has 0 fully saturated rings. The molecule has 0 saturated heterocycles. The van der Waals surface area contributed by atoms with E-state index >= 15 is 0 Å². The van der Waals surface area contributed by atoms with Gasteiger partial charge in [0.05, 0.1) is 10.7 Å². The molecule has 0 saturated carbocycles. The molecule has 2 aromatic rings. The maximum absolute atomic E-state index is 12.9. The molecule has 0 aliphatic carbocycles. The van der Waals surface area contributed by atoms with Crippen LogP contribution in [0, 0.1) is 6.92 Å². The van der Waals surface area contributed by atoms with Crippen molar-refractivity contribution in [3.05, 3.63) is 51.5 Å². The Kier molecular flexibility index (Phi) is 6.49. The van der Waals surface area contributed by atoms with E-state index in [0.29, 0.717) is 24.4 Å². The Morgan fingerprint density at radius 1 is 1.25 bits per heavy atom. The predicted molar refractivity (Wildman–Crippen MR) is 94.3 cm³/mol. The molecular formula is C18H22N2O3S. The zero-order valence-corrected chi connectivity index (χ0v) is 14.8. The third kappa shape index (κ3) is 4.89. The van der Waals surface area contributed by atoms with E-state index in [0.717, 1.165) is 22.7 Å². The SMILES string of the molecule is CCc1nc(C)c(C(=O)N(CCCC(=O)O)Cc2ccccc2)s1. The highest BCUT2D eigenvalue weighted by Crippen LogP contribution is 2.22. The Morgan fingerprint density at radius 3 is 2.54 bits per heavy atom. The van der Waals surface area contributed by atoms with Crippen molar-refractivity contribution in [3.63, 3.8) is 0 Å². The minimum atomic E-state index is -0.843. The Balaban J connectivity index is 2.17. The summed E-state index contributed by atoms with van der Waals surface area (Å²) in [6, 6.07) is 9.73. The number of carboxylic acids is 1. The van der Waals surface area contributed by atoms with Crippen LogP contribution in [0.15, 0.2) is 30.3 Å². The molecule has 0 aliphatic rings. The van der Waals surface area contributed by atoms with E-state index in [1.165, 1.54) is 11.3 Å². The number of carbonyl (C=O) groups is 2. The molecule has 0 bridgehead atoms. The fourth-order valence-electron chi connectivity index (χ4n) is 2.42. The number of carboxylic acid groups (broad SMARTS) is 1. The first-order valence-electron chi connectivity index (χ1n) is 8.02. The number of benzene rings is 1. The van der Waals surface area contributed by atoms with Gasteiger partial charge in [-0.1, -0.05) is 37.3 Å². The van der Waals surface area contributed by atoms with E-state index in [1.54, 1.807) is 4.90 Å². The predicted octanol–water partition coefficient (Wildman–Crippen LogP) is 3.52. The van der Waals surface area contributed by atoms with Gasteiger partial charge in [-0.3, -0.25) is 9.59 Å². The van der Waals surface area contributed by atoms with Crippen molar-refractivity contribution in [3.8, 4) is 0 Å². The van der Waals surface area contributed by atoms with E-state index in [-0.39, 0.29) is 12.3 Å². The van der Waals surface area contributed by atoms with Gasteiger partial charge in [0, 0.05) is 19.5 Å². The quantitative estimate of drug-likeness (QED) is 0.794. The van der Waals surface area contributed by atoms with Crippen LogP contribution in [-0.2, 0) is 17.8 Å². The second kappa shape index (κ2) is 8.59. The molecule has 2 rings (SSSR count). The number of nitrogens with zero attached hydrogens (tertiary/aromatic N) is 2. The maximum Gasteiger partial charge on any atom is 0.303 e. The lowest BCUT2D eigenvalue weighted by Crippen LogP contribution is -2.31. The number of rotatable bonds is 8. The van der Waals surface area contributed by atoms with Crippen LogP contribution in [-0.4, -0.2) is 33.4 Å². The molecule has 0 radical (unpaired) electrons. The lowest BCUT2D eigenvalue weighted by atomic mass is 10.2. The van der Waals surface area contributed by atoms with E-state index in [9.17, 15) is 9.59 Å². The highest BCUT2D eigenvalue weighted by Gasteiger charge is 2.21. The molecule has 1 aromatic carbocycles. The third-order valence-corrected chi connectivity index (χ3v) is 4.95. The Bertz CT molecular complexity index is 698. The topological polar surface area (TPSA) is 70.5 Å². The van der Waals surface area contributed by atoms with Gasteiger partial charge in [0.1, 0.15) is 4.88 Å². The lowest BCUT2D eigenvalue weighted by Gasteiger charge is -2.22. The van der Waals surface area contributed by atoms with Crippen LogP contribution in [0.5, 0.6) is 0 Å². The van der Waals surface area contributed by atoms with Crippen molar-refractivity contribution in [1.82, 2.24) is 9.88 Å². The second-order valence-corrected chi connectivity index (χ2v) is 6.67. The highest BCUT2D eigenvalue weighted by molar-refractivity contribution is 7.13. The van der Waals surface area contributed by atoms with E-state index in [2.05, 4.69) is 4.98 Å². The van der Waals surface area contributed by atoms with Gasteiger partial charge in [0.2, 0.25) is 0 Å². The van der Waals surface area contributed by atoms with Crippen LogP contribution in [0.3, 0.4) is 0 Å². The Labute approximate surface area is 146 Å². The van der Waals surface area contributed by atoms with E-state index in [4.69, 9.17) is 5.11 Å². The standard InChI is InChI=1S/C18H22N2O3S/c1-3-15-19-13(2)17(24-15)18(23)20(11-7-10-16(21)22)12-14-8-5-4-6-9-14/h4-6,8-9H,3,7,10-12H2,1-2H3,(H,21,22). The fraction of sp³-hybridized carbons (Fsp3) is 0.389. The van der Waals surface area contributed by atoms with Crippen LogP contribution in [0.2, 0.25) is 0 Å². The molecular weight excluding hydrogens is 324 g/mol. The van der Waals surface area contributed by atoms with Crippen LogP contribution < -0.4 is 0 Å². The van der Waals surface area contributed by atoms with Crippen molar-refractivity contribution in [2.75, 3.05) is 6.54 Å². The summed E-state index contributed by atoms with van der Waals surface area (Å²) in [6.07, 6.45) is 1.29. The first-order valence-corrected chi connectivity index (χ1v) is 8.84. The van der Waals surface area contributed by atoms with Crippen molar-refractivity contribution < 1.29 is 14.7 Å². The van der Waals surface area contributed by atoms with Crippen molar-refractivity contribution >= 4 is 23.2 Å². The minimum Gasteiger partial charge on any atom is -0.481 e. The number of thiazole rings is 1. The molecule has 0 unspecified atom stereocenters. The number of aromatic nitrogens is 1. The highest BCUT2D eigenvalue weighted by atomic mass is 32.1. The molecule has 128 valence electrons. The van der Waals surface area contributed by atoms with Crippen LogP contribution >= 0.6 is 11.3 Å². The first-order chi connectivity index (χ1) is 11.5. The molecule has 5 nitrogen and oxygen atoms in total. The Morgan fingerprint density at radius 2 is 1.96 bits per heavy atom. The Hall–Kier alpha value is -2.21. The largest absolute Gasteiger partial charge is 0.481 e. The van der Waals surface area contributed by atoms with Gasteiger partial charge >= 0.3 is 5.97 Å². The number of hydrogen-bond donors (Lipinski definition) is 1. The molecule has 0 aliphatic heterocycles. The van der Waals surface area contributed by atoms with Gasteiger partial charge in [-0.05, 0) is 25.3 Å². The van der Waals surface area contributed by atoms with Crippen LogP contribution in [0.1, 0.15) is 45.7 Å². The van der Waals surface area contributed by atoms with Gasteiger partial charge in [-0.2, -0.15) is 0 Å². The summed E-state index contributed by atoms with van der Waals surface area (Å²) >= 11 is 1.43. The van der Waals surface area contributed by atoms with Crippen LogP contribution in [0.4, 0.5) is 0 Å². The monoisotopic (exact) mass is 346 g/mol. The average Bonchev–Trinajstić information content (AvgIpc) is 2.95. The summed E-state index contributed by atoms with van der Waals surface area (Å²) in [5.41, 5.74) is 1.78. The smallest absolute Gasteiger partial charge is 0.303 e. The zero-order chi connectivity index (χ0) is 17.5. The normalized spacial score (nSPS) is 10.6. The molecule has 1 heterocycles. The molecule has 0 spiro atoms. The summed E-state index contributed by atoms with van der Waals surface area (Å²) in [4.78, 5) is 30.5. The minimum absolute atomic E-state index is 0.0560. The molecule has 6 heteroatoms. The third-order valence-electron chi connectivity index (χ3n) is 3.66. The van der Waals surface area contributed by atoms with Gasteiger partial charge in [-0.25, -0.2) is 4.98 Å². The first kappa shape index (κ1) is 18.1. The number of carbonyl (C=O) groups excluding carboxylic acids is 1. The van der Waals surface area contributed by atoms with Crippen molar-refractivity contribution in [2.45, 2.75) is 39.7 Å². The van der Waals surface area contributed by atoms with E-state index < -0.39 is 5.97 Å². The lowest BCUT2D eigenvalue weighted by molar-refractivity contribution is -0.137. The summed E-state index contributed by atoms with van der Waals surface area (Å²) in [5, 5.41) is 9.79. The summed E-state index contributed by atoms with van der Waals surface area (Å²) < 4.78 is 0. The molecule has 1 aromatic heterocycles. The van der Waals surface area contributed by atoms with Crippen molar-refractivity contribution in [1.29, 1.82) is 0 Å². The van der Waals surface area contributed by atoms with E-state index in [1.807, 2.05) is 44.2 Å². The second-order valence-electron chi connectivity index (χ2n) is 5.59. The van der Waals surface area contributed by atoms with Gasteiger partial charge in [0.25, 0.3) is 5.91 Å². The zero-order valence-electron chi connectivity index (χ0n) is 14.0. The molecule has 1 N–H and O–H groups in total. The maximum atomic E-state index is 12.9. The number of hydrogen-bond acceptors (Lipinski definition) is 4. The van der Waals surface area contributed by atoms with Crippen molar-refractivity contribution in [2.24, 2.45) is 0 Å². The average molecular weight is 346 g/mol. The summed E-state index contributed by atoms with van der Waals surface area (Å²) in [5.74, 6) is -0.914. The van der Waals surface area contributed by atoms with Crippen LogP contribution in [0.25, 0.3) is 0 Å². The number of aliphatic carboxylic acids is 1. The molecule has 0 atom stereocenters. The number of amides is 1.